The maximum Gasteiger partial charge on any atom is 0.0587 e. The topological polar surface area (TPSA) is 24.5 Å². The third-order valence-electron chi connectivity index (χ3n) is 3.55. The zero-order valence-electron chi connectivity index (χ0n) is 11.6. The minimum Gasteiger partial charge on any atom is -0.383 e. The van der Waals surface area contributed by atoms with Crippen molar-refractivity contribution in [1.29, 1.82) is 0 Å². The molecule has 0 aromatic heterocycles. The summed E-state index contributed by atoms with van der Waals surface area (Å²) in [7, 11) is 1.75. The van der Waals surface area contributed by atoms with E-state index >= 15 is 0 Å². The maximum absolute atomic E-state index is 5.00. The summed E-state index contributed by atoms with van der Waals surface area (Å²) in [6.45, 7) is 10.2. The summed E-state index contributed by atoms with van der Waals surface area (Å²) in [5.74, 6) is 1.30. The average molecular weight is 260 g/mol. The van der Waals surface area contributed by atoms with E-state index in [4.69, 9.17) is 4.74 Å². The second kappa shape index (κ2) is 9.20. The zero-order chi connectivity index (χ0) is 12.5. The molecule has 1 heterocycles. The normalized spacial score (nSPS) is 26.3. The molecule has 0 bridgehead atoms. The highest BCUT2D eigenvalue weighted by molar-refractivity contribution is 8.00. The number of ether oxygens (including phenoxy) is 1. The van der Waals surface area contributed by atoms with E-state index in [2.05, 4.69) is 35.8 Å². The Kier molecular flexibility index (Phi) is 8.27. The lowest BCUT2D eigenvalue weighted by molar-refractivity contribution is 0.197. The molecule has 0 radical (unpaired) electrons. The van der Waals surface area contributed by atoms with Crippen LogP contribution >= 0.6 is 11.8 Å². The number of hydrogen-bond acceptors (Lipinski definition) is 4. The zero-order valence-corrected chi connectivity index (χ0v) is 12.4. The third-order valence-corrected chi connectivity index (χ3v) is 4.88. The standard InChI is InChI=1S/C13H28N2OS/c1-12-13(2)17-11-9-15(12)8-5-4-6-14-7-10-16-3/h12-14H,4-11H2,1-3H3. The molecule has 4 heteroatoms. The smallest absolute Gasteiger partial charge is 0.0587 e. The molecule has 1 aliphatic rings. The van der Waals surface area contributed by atoms with E-state index in [0.29, 0.717) is 0 Å². The Morgan fingerprint density at radius 2 is 2.12 bits per heavy atom. The minimum atomic E-state index is 0.746. The van der Waals surface area contributed by atoms with Crippen LogP contribution in [0, 0.1) is 0 Å². The van der Waals surface area contributed by atoms with Crippen LogP contribution in [0.25, 0.3) is 0 Å². The number of nitrogens with zero attached hydrogens (tertiary/aromatic N) is 1. The summed E-state index contributed by atoms with van der Waals surface area (Å²) in [4.78, 5) is 2.65. The van der Waals surface area contributed by atoms with Gasteiger partial charge in [-0.3, -0.25) is 4.90 Å². The predicted octanol–water partition coefficient (Wildman–Crippen LogP) is 1.83. The van der Waals surface area contributed by atoms with Crippen molar-refractivity contribution in [3.63, 3.8) is 0 Å². The lowest BCUT2D eigenvalue weighted by Crippen LogP contribution is -2.45. The molecule has 2 atom stereocenters. The molecular weight excluding hydrogens is 232 g/mol. The highest BCUT2D eigenvalue weighted by Gasteiger charge is 2.24. The summed E-state index contributed by atoms with van der Waals surface area (Å²) in [6.07, 6.45) is 2.58. The summed E-state index contributed by atoms with van der Waals surface area (Å²) < 4.78 is 5.00. The largest absolute Gasteiger partial charge is 0.383 e. The fraction of sp³-hybridized carbons (Fsp3) is 1.00. The van der Waals surface area contributed by atoms with Crippen LogP contribution < -0.4 is 5.32 Å². The van der Waals surface area contributed by atoms with Gasteiger partial charge in [0.05, 0.1) is 6.61 Å². The molecular formula is C13H28N2OS. The van der Waals surface area contributed by atoms with Gasteiger partial charge in [-0.25, -0.2) is 0 Å². The Morgan fingerprint density at radius 1 is 1.29 bits per heavy atom. The van der Waals surface area contributed by atoms with E-state index < -0.39 is 0 Å². The highest BCUT2D eigenvalue weighted by Crippen LogP contribution is 2.24. The van der Waals surface area contributed by atoms with Crippen molar-refractivity contribution in [2.45, 2.75) is 38.0 Å². The van der Waals surface area contributed by atoms with Gasteiger partial charge in [0.1, 0.15) is 0 Å². The van der Waals surface area contributed by atoms with Crippen LogP contribution in [-0.4, -0.2) is 61.8 Å². The Bertz CT molecular complexity index is 192. The molecule has 1 rings (SSSR count). The lowest BCUT2D eigenvalue weighted by atomic mass is 10.2. The number of unbranched alkanes of at least 4 members (excludes halogenated alkanes) is 1. The molecule has 2 unspecified atom stereocenters. The van der Waals surface area contributed by atoms with E-state index in [9.17, 15) is 0 Å². The van der Waals surface area contributed by atoms with Crippen molar-refractivity contribution in [2.75, 3.05) is 45.6 Å². The van der Waals surface area contributed by atoms with E-state index in [1.807, 2.05) is 0 Å². The summed E-state index contributed by atoms with van der Waals surface area (Å²) in [5.41, 5.74) is 0. The molecule has 1 N–H and O–H groups in total. The molecule has 0 aliphatic carbocycles. The number of rotatable bonds is 8. The maximum atomic E-state index is 5.00. The van der Waals surface area contributed by atoms with Gasteiger partial charge in [-0.1, -0.05) is 6.92 Å². The summed E-state index contributed by atoms with van der Waals surface area (Å²) in [6, 6.07) is 0.746. The fourth-order valence-corrected chi connectivity index (χ4v) is 3.34. The van der Waals surface area contributed by atoms with Crippen LogP contribution in [-0.2, 0) is 4.74 Å². The van der Waals surface area contributed by atoms with Crippen LogP contribution in [0.1, 0.15) is 26.7 Å². The molecule has 3 nitrogen and oxygen atoms in total. The van der Waals surface area contributed by atoms with E-state index in [1.54, 1.807) is 7.11 Å². The van der Waals surface area contributed by atoms with Crippen LogP contribution in [0.3, 0.4) is 0 Å². The van der Waals surface area contributed by atoms with Crippen molar-refractivity contribution in [3.8, 4) is 0 Å². The van der Waals surface area contributed by atoms with Gasteiger partial charge >= 0.3 is 0 Å². The van der Waals surface area contributed by atoms with Crippen LogP contribution in [0.5, 0.6) is 0 Å². The van der Waals surface area contributed by atoms with E-state index in [0.717, 1.165) is 31.0 Å². The Labute approximate surface area is 111 Å². The summed E-state index contributed by atoms with van der Waals surface area (Å²) in [5, 5.41) is 4.19. The summed E-state index contributed by atoms with van der Waals surface area (Å²) >= 11 is 2.11. The van der Waals surface area contributed by atoms with Crippen molar-refractivity contribution >= 4 is 11.8 Å². The molecule has 102 valence electrons. The molecule has 1 saturated heterocycles. The van der Waals surface area contributed by atoms with Gasteiger partial charge in [0.2, 0.25) is 0 Å². The average Bonchev–Trinajstić information content (AvgIpc) is 2.33. The first kappa shape index (κ1) is 15.3. The molecule has 0 saturated carbocycles. The highest BCUT2D eigenvalue weighted by atomic mass is 32.2. The Balaban J connectivity index is 1.98. The van der Waals surface area contributed by atoms with Crippen LogP contribution in [0.15, 0.2) is 0 Å². The molecule has 0 amide bonds. The Morgan fingerprint density at radius 3 is 2.88 bits per heavy atom. The van der Waals surface area contributed by atoms with Crippen molar-refractivity contribution < 1.29 is 4.74 Å². The van der Waals surface area contributed by atoms with Crippen LogP contribution in [0.2, 0.25) is 0 Å². The first-order valence-corrected chi connectivity index (χ1v) is 7.86. The molecule has 0 aromatic carbocycles. The first-order chi connectivity index (χ1) is 8.25. The fourth-order valence-electron chi connectivity index (χ4n) is 2.18. The third kappa shape index (κ3) is 6.09. The monoisotopic (exact) mass is 260 g/mol. The lowest BCUT2D eigenvalue weighted by Gasteiger charge is -2.37. The van der Waals surface area contributed by atoms with Gasteiger partial charge < -0.3 is 10.1 Å². The SMILES string of the molecule is COCCNCCCCN1CCSC(C)C1C. The molecule has 1 fully saturated rings. The quantitative estimate of drug-likeness (QED) is 0.673. The van der Waals surface area contributed by atoms with Gasteiger partial charge in [-0.2, -0.15) is 11.8 Å². The molecule has 0 spiro atoms. The number of thioether (sulfide) groups is 1. The first-order valence-electron chi connectivity index (χ1n) is 6.81. The van der Waals surface area contributed by atoms with E-state index in [-0.39, 0.29) is 0 Å². The minimum absolute atomic E-state index is 0.746. The number of nitrogens with one attached hydrogen (secondary N) is 1. The second-order valence-electron chi connectivity index (χ2n) is 4.80. The van der Waals surface area contributed by atoms with Crippen molar-refractivity contribution in [1.82, 2.24) is 10.2 Å². The van der Waals surface area contributed by atoms with E-state index in [1.165, 1.54) is 31.7 Å². The second-order valence-corrected chi connectivity index (χ2v) is 6.29. The van der Waals surface area contributed by atoms with Crippen molar-refractivity contribution in [3.05, 3.63) is 0 Å². The van der Waals surface area contributed by atoms with Gasteiger partial charge in [0, 0.05) is 37.2 Å². The predicted molar refractivity (Wildman–Crippen MR) is 76.9 cm³/mol. The Hall–Kier alpha value is 0.230. The molecule has 17 heavy (non-hydrogen) atoms. The number of methoxy groups -OCH3 is 1. The van der Waals surface area contributed by atoms with Crippen molar-refractivity contribution in [2.24, 2.45) is 0 Å². The van der Waals surface area contributed by atoms with Gasteiger partial charge in [-0.15, -0.1) is 0 Å². The van der Waals surface area contributed by atoms with Gasteiger partial charge in [0.15, 0.2) is 0 Å². The molecule has 1 aliphatic heterocycles. The molecule has 0 aromatic rings. The van der Waals surface area contributed by atoms with Gasteiger partial charge in [-0.05, 0) is 32.9 Å². The number of hydrogen-bond donors (Lipinski definition) is 1. The van der Waals surface area contributed by atoms with Gasteiger partial charge in [0.25, 0.3) is 0 Å². The van der Waals surface area contributed by atoms with Crippen LogP contribution in [0.4, 0.5) is 0 Å².